The van der Waals surface area contributed by atoms with Gasteiger partial charge < -0.3 is 20.1 Å². The molecule has 1 aromatic rings. The van der Waals surface area contributed by atoms with Gasteiger partial charge in [-0.2, -0.15) is 0 Å². The third-order valence-electron chi connectivity index (χ3n) is 2.49. The molecule has 0 aliphatic rings. The molecule has 1 rings (SSSR count). The average molecular weight is 307 g/mol. The van der Waals surface area contributed by atoms with E-state index in [0.717, 1.165) is 5.69 Å². The van der Waals surface area contributed by atoms with E-state index in [-0.39, 0.29) is 0 Å². The van der Waals surface area contributed by atoms with E-state index in [1.165, 1.54) is 0 Å². The van der Waals surface area contributed by atoms with Crippen molar-refractivity contribution in [1.82, 2.24) is 15.6 Å². The normalized spacial score (nSPS) is 11.5. The molecule has 1 aromatic heterocycles. The van der Waals surface area contributed by atoms with Crippen LogP contribution in [0.1, 0.15) is 26.5 Å². The number of carbonyl (C=O) groups is 1. The average Bonchev–Trinajstić information content (AvgIpc) is 2.44. The molecule has 0 saturated carbocycles. The number of carbonyl (C=O) groups excluding carboxylic acids is 1. The van der Waals surface area contributed by atoms with Gasteiger partial charge in [-0.05, 0) is 26.8 Å². The second kappa shape index (κ2) is 9.04. The minimum absolute atomic E-state index is 0.411. The molecule has 122 valence electrons. The van der Waals surface area contributed by atoms with Crippen LogP contribution in [0.4, 0.5) is 4.79 Å². The van der Waals surface area contributed by atoms with E-state index in [9.17, 15) is 4.79 Å². The highest BCUT2D eigenvalue weighted by atomic mass is 16.6. The molecule has 1 heterocycles. The molecule has 0 fully saturated rings. The lowest BCUT2D eigenvalue weighted by atomic mass is 10.2. The molecule has 0 aromatic carbocycles. The number of amides is 1. The quantitative estimate of drug-likeness (QED) is 0.597. The molecule has 0 saturated heterocycles. The van der Waals surface area contributed by atoms with Crippen LogP contribution >= 0.6 is 0 Å². The topological polar surface area (TPSA) is 72.5 Å². The maximum Gasteiger partial charge on any atom is 0.407 e. The smallest absolute Gasteiger partial charge is 0.407 e. The molecule has 2 N–H and O–H groups in total. The lowest BCUT2D eigenvalue weighted by Gasteiger charge is -2.19. The standard InChI is InChI=1S/C16H25N3O3/c1-16(2,3)22-15(20)18-11-6-5-10-17-12-13-8-7-9-14(19-13)21-4/h5-9,17H,10-12H2,1-4H3,(H,18,20)/b6-5+. The van der Waals surface area contributed by atoms with Crippen LogP contribution in [-0.4, -0.2) is 36.9 Å². The maximum absolute atomic E-state index is 11.4. The van der Waals surface area contributed by atoms with Crippen molar-refractivity contribution in [3.8, 4) is 5.88 Å². The minimum Gasteiger partial charge on any atom is -0.481 e. The summed E-state index contributed by atoms with van der Waals surface area (Å²) in [6.45, 7) is 7.28. The number of hydrogen-bond donors (Lipinski definition) is 2. The Hall–Kier alpha value is -2.08. The van der Waals surface area contributed by atoms with E-state index in [1.54, 1.807) is 7.11 Å². The summed E-state index contributed by atoms with van der Waals surface area (Å²) in [6.07, 6.45) is 3.40. The Bertz CT molecular complexity index is 496. The second-order valence-electron chi connectivity index (χ2n) is 5.66. The van der Waals surface area contributed by atoms with Crippen molar-refractivity contribution in [2.24, 2.45) is 0 Å². The molecule has 0 aliphatic heterocycles. The number of ether oxygens (including phenoxy) is 2. The van der Waals surface area contributed by atoms with Crippen LogP contribution in [0.25, 0.3) is 0 Å². The molecule has 0 atom stereocenters. The van der Waals surface area contributed by atoms with E-state index in [0.29, 0.717) is 25.5 Å². The molecule has 6 nitrogen and oxygen atoms in total. The fraction of sp³-hybridized carbons (Fsp3) is 0.500. The minimum atomic E-state index is -0.473. The van der Waals surface area contributed by atoms with Gasteiger partial charge in [0.2, 0.25) is 5.88 Å². The van der Waals surface area contributed by atoms with E-state index >= 15 is 0 Å². The molecule has 1 amide bonds. The van der Waals surface area contributed by atoms with E-state index in [4.69, 9.17) is 9.47 Å². The lowest BCUT2D eigenvalue weighted by molar-refractivity contribution is 0.0534. The predicted octanol–water partition coefficient (Wildman–Crippen LogP) is 2.26. The molecule has 6 heteroatoms. The van der Waals surface area contributed by atoms with Gasteiger partial charge in [-0.1, -0.05) is 18.2 Å². The summed E-state index contributed by atoms with van der Waals surface area (Å²) < 4.78 is 10.2. The van der Waals surface area contributed by atoms with Crippen molar-refractivity contribution in [1.29, 1.82) is 0 Å². The summed E-state index contributed by atoms with van der Waals surface area (Å²) in [6, 6.07) is 5.65. The largest absolute Gasteiger partial charge is 0.481 e. The zero-order chi connectivity index (χ0) is 16.4. The molecule has 0 bridgehead atoms. The Labute approximate surface area is 131 Å². The Morgan fingerprint density at radius 3 is 2.68 bits per heavy atom. The van der Waals surface area contributed by atoms with Crippen molar-refractivity contribution >= 4 is 6.09 Å². The molecular weight excluding hydrogens is 282 g/mol. The van der Waals surface area contributed by atoms with Gasteiger partial charge in [0.25, 0.3) is 0 Å². The molecule has 0 unspecified atom stereocenters. The third kappa shape index (κ3) is 8.26. The third-order valence-corrected chi connectivity index (χ3v) is 2.49. The first-order chi connectivity index (χ1) is 10.4. The van der Waals surface area contributed by atoms with Crippen LogP contribution in [0, 0.1) is 0 Å². The van der Waals surface area contributed by atoms with E-state index < -0.39 is 11.7 Å². The van der Waals surface area contributed by atoms with Crippen molar-refractivity contribution in [3.05, 3.63) is 36.0 Å². The number of nitrogens with zero attached hydrogens (tertiary/aromatic N) is 1. The number of rotatable bonds is 7. The van der Waals surface area contributed by atoms with Crippen LogP contribution in [0.15, 0.2) is 30.4 Å². The highest BCUT2D eigenvalue weighted by Crippen LogP contribution is 2.06. The Morgan fingerprint density at radius 1 is 1.27 bits per heavy atom. The van der Waals surface area contributed by atoms with Crippen LogP contribution in [0.5, 0.6) is 5.88 Å². The number of alkyl carbamates (subject to hydrolysis) is 1. The first kappa shape index (κ1) is 18.0. The highest BCUT2D eigenvalue weighted by Gasteiger charge is 2.14. The fourth-order valence-electron chi connectivity index (χ4n) is 1.58. The molecule has 0 spiro atoms. The van der Waals surface area contributed by atoms with Gasteiger partial charge in [-0.25, -0.2) is 9.78 Å². The zero-order valence-electron chi connectivity index (χ0n) is 13.7. The van der Waals surface area contributed by atoms with Crippen molar-refractivity contribution in [2.45, 2.75) is 32.9 Å². The van der Waals surface area contributed by atoms with Gasteiger partial charge in [0, 0.05) is 25.7 Å². The monoisotopic (exact) mass is 307 g/mol. The fourth-order valence-corrected chi connectivity index (χ4v) is 1.58. The number of hydrogen-bond acceptors (Lipinski definition) is 5. The summed E-state index contributed by atoms with van der Waals surface area (Å²) >= 11 is 0. The number of nitrogens with one attached hydrogen (secondary N) is 2. The van der Waals surface area contributed by atoms with Gasteiger partial charge >= 0.3 is 6.09 Å². The highest BCUT2D eigenvalue weighted by molar-refractivity contribution is 5.67. The molecular formula is C16H25N3O3. The maximum atomic E-state index is 11.4. The van der Waals surface area contributed by atoms with Gasteiger partial charge in [0.15, 0.2) is 0 Å². The van der Waals surface area contributed by atoms with Crippen LogP contribution < -0.4 is 15.4 Å². The number of methoxy groups -OCH3 is 1. The second-order valence-corrected chi connectivity index (χ2v) is 5.66. The number of aromatic nitrogens is 1. The first-order valence-electron chi connectivity index (χ1n) is 7.23. The predicted molar refractivity (Wildman–Crippen MR) is 85.9 cm³/mol. The van der Waals surface area contributed by atoms with Gasteiger partial charge in [-0.3, -0.25) is 0 Å². The summed E-state index contributed by atoms with van der Waals surface area (Å²) in [7, 11) is 1.60. The van der Waals surface area contributed by atoms with E-state index in [1.807, 2.05) is 51.1 Å². The van der Waals surface area contributed by atoms with Crippen molar-refractivity contribution in [2.75, 3.05) is 20.2 Å². The van der Waals surface area contributed by atoms with Crippen LogP contribution in [0.3, 0.4) is 0 Å². The summed E-state index contributed by atoms with van der Waals surface area (Å²) in [5.74, 6) is 0.608. The molecule has 0 radical (unpaired) electrons. The lowest BCUT2D eigenvalue weighted by Crippen LogP contribution is -2.32. The van der Waals surface area contributed by atoms with Gasteiger partial charge in [-0.15, -0.1) is 0 Å². The Morgan fingerprint density at radius 2 is 2.00 bits per heavy atom. The summed E-state index contributed by atoms with van der Waals surface area (Å²) in [5.41, 5.74) is 0.443. The summed E-state index contributed by atoms with van der Waals surface area (Å²) in [4.78, 5) is 15.7. The molecule has 22 heavy (non-hydrogen) atoms. The first-order valence-corrected chi connectivity index (χ1v) is 7.23. The summed E-state index contributed by atoms with van der Waals surface area (Å²) in [5, 5.41) is 5.89. The van der Waals surface area contributed by atoms with Gasteiger partial charge in [0.05, 0.1) is 12.8 Å². The number of pyridine rings is 1. The van der Waals surface area contributed by atoms with Crippen molar-refractivity contribution < 1.29 is 14.3 Å². The Balaban J connectivity index is 2.15. The molecule has 0 aliphatic carbocycles. The SMILES string of the molecule is COc1cccc(CNC/C=C/CNC(=O)OC(C)(C)C)n1. The Kier molecular flexibility index (Phi) is 7.39. The zero-order valence-corrected chi connectivity index (χ0v) is 13.7. The van der Waals surface area contributed by atoms with Crippen LogP contribution in [0.2, 0.25) is 0 Å². The van der Waals surface area contributed by atoms with Gasteiger partial charge in [0.1, 0.15) is 5.60 Å². The van der Waals surface area contributed by atoms with E-state index in [2.05, 4.69) is 15.6 Å². The van der Waals surface area contributed by atoms with Crippen molar-refractivity contribution in [3.63, 3.8) is 0 Å². The van der Waals surface area contributed by atoms with Crippen LogP contribution in [-0.2, 0) is 11.3 Å².